The van der Waals surface area contributed by atoms with Gasteiger partial charge in [-0.1, -0.05) is 26.0 Å². The van der Waals surface area contributed by atoms with Gasteiger partial charge in [-0.3, -0.25) is 4.79 Å². The molecule has 3 rings (SSSR count). The lowest BCUT2D eigenvalue weighted by Gasteiger charge is -2.16. The lowest BCUT2D eigenvalue weighted by atomic mass is 10.1. The van der Waals surface area contributed by atoms with Gasteiger partial charge in [-0.2, -0.15) is 0 Å². The normalized spacial score (nSPS) is 11.7. The maximum Gasteiger partial charge on any atom is 0.266 e. The molecule has 0 saturated heterocycles. The van der Waals surface area contributed by atoms with Crippen molar-refractivity contribution in [2.75, 3.05) is 18.5 Å². The Morgan fingerprint density at radius 1 is 1.00 bits per heavy atom. The van der Waals surface area contributed by atoms with Gasteiger partial charge in [-0.25, -0.2) is 4.63 Å². The maximum absolute atomic E-state index is 12.8. The monoisotopic (exact) mass is 453 g/mol. The lowest BCUT2D eigenvalue weighted by Crippen LogP contribution is -2.30. The molecule has 0 unspecified atom stereocenters. The molecule has 1 heterocycles. The van der Waals surface area contributed by atoms with Crippen LogP contribution in [-0.2, 0) is 4.79 Å². The van der Waals surface area contributed by atoms with E-state index >= 15 is 0 Å². The van der Waals surface area contributed by atoms with Gasteiger partial charge in [0.15, 0.2) is 23.3 Å². The molecule has 0 radical (unpaired) electrons. The van der Waals surface area contributed by atoms with E-state index in [0.717, 1.165) is 24.0 Å². The van der Waals surface area contributed by atoms with Crippen LogP contribution in [0, 0.1) is 13.8 Å². The molecule has 1 amide bonds. The van der Waals surface area contributed by atoms with Gasteiger partial charge in [-0.05, 0) is 79.3 Å². The second-order valence-corrected chi connectivity index (χ2v) is 7.77. The molecular formula is C25H31N3O5. The quantitative estimate of drug-likeness (QED) is 0.419. The molecule has 1 aromatic heterocycles. The first-order chi connectivity index (χ1) is 15.9. The zero-order valence-corrected chi connectivity index (χ0v) is 19.8. The van der Waals surface area contributed by atoms with Gasteiger partial charge in [-0.15, -0.1) is 0 Å². The van der Waals surface area contributed by atoms with Crippen molar-refractivity contribution in [2.45, 2.75) is 53.6 Å². The van der Waals surface area contributed by atoms with Crippen LogP contribution < -0.4 is 19.5 Å². The predicted octanol–water partition coefficient (Wildman–Crippen LogP) is 5.34. The van der Waals surface area contributed by atoms with Crippen LogP contribution in [0.1, 0.15) is 44.7 Å². The fourth-order valence-electron chi connectivity index (χ4n) is 3.09. The van der Waals surface area contributed by atoms with Crippen LogP contribution >= 0.6 is 0 Å². The van der Waals surface area contributed by atoms with E-state index in [9.17, 15) is 4.79 Å². The first-order valence-electron chi connectivity index (χ1n) is 11.2. The van der Waals surface area contributed by atoms with Crippen LogP contribution in [0.25, 0.3) is 11.3 Å². The van der Waals surface area contributed by atoms with E-state index in [1.165, 1.54) is 0 Å². The third kappa shape index (κ3) is 6.03. The Kier molecular flexibility index (Phi) is 8.29. The average Bonchev–Trinajstić information content (AvgIpc) is 3.27. The van der Waals surface area contributed by atoms with Gasteiger partial charge in [0.25, 0.3) is 5.91 Å². The van der Waals surface area contributed by atoms with Crippen LogP contribution in [0.15, 0.2) is 41.0 Å². The largest absolute Gasteiger partial charge is 0.490 e. The van der Waals surface area contributed by atoms with Crippen molar-refractivity contribution in [3.63, 3.8) is 0 Å². The Morgan fingerprint density at radius 2 is 1.73 bits per heavy atom. The topological polar surface area (TPSA) is 95.7 Å². The fourth-order valence-corrected chi connectivity index (χ4v) is 3.09. The summed E-state index contributed by atoms with van der Waals surface area (Å²) in [6, 6.07) is 11.2. The minimum Gasteiger partial charge on any atom is -0.490 e. The molecule has 33 heavy (non-hydrogen) atoms. The summed E-state index contributed by atoms with van der Waals surface area (Å²) in [5, 5.41) is 10.6. The summed E-state index contributed by atoms with van der Waals surface area (Å²) in [6.07, 6.45) is 1.01. The number of carbonyl (C=O) groups excluding carboxylic acids is 1. The number of anilines is 1. The summed E-state index contributed by atoms with van der Waals surface area (Å²) in [7, 11) is 0. The fraction of sp³-hybridized carbons (Fsp3) is 0.400. The van der Waals surface area contributed by atoms with E-state index in [4.69, 9.17) is 18.8 Å². The summed E-state index contributed by atoms with van der Waals surface area (Å²) in [5.74, 6) is 1.77. The number of carbonyl (C=O) groups is 1. The number of amides is 1. The highest BCUT2D eigenvalue weighted by molar-refractivity contribution is 5.96. The van der Waals surface area contributed by atoms with E-state index in [1.54, 1.807) is 6.92 Å². The third-order valence-corrected chi connectivity index (χ3v) is 5.10. The smallest absolute Gasteiger partial charge is 0.266 e. The number of hydrogen-bond acceptors (Lipinski definition) is 7. The number of hydrogen-bond donors (Lipinski definition) is 1. The summed E-state index contributed by atoms with van der Waals surface area (Å²) in [4.78, 5) is 12.8. The molecule has 0 fully saturated rings. The molecule has 0 spiro atoms. The van der Waals surface area contributed by atoms with Crippen molar-refractivity contribution in [1.82, 2.24) is 10.3 Å². The Labute approximate surface area is 194 Å². The molecule has 0 aliphatic carbocycles. The summed E-state index contributed by atoms with van der Waals surface area (Å²) in [5.41, 5.74) is 3.16. The highest BCUT2D eigenvalue weighted by atomic mass is 16.6. The zero-order chi connectivity index (χ0) is 23.8. The highest BCUT2D eigenvalue weighted by Crippen LogP contribution is 2.34. The van der Waals surface area contributed by atoms with Crippen LogP contribution in [0.5, 0.6) is 17.2 Å². The Hall–Kier alpha value is -3.55. The standard InChI is InChI=1S/C25H31N3O5/c1-6-13-30-21-12-11-19(15-22(21)31-14-7-2)23-24(28-33-27-23)26-25(29)18(5)32-20-10-8-9-16(3)17(20)4/h8-12,15,18H,6-7,13-14H2,1-5H3,(H,26,28,29)/t18-/m1/s1. The molecule has 176 valence electrons. The number of rotatable bonds is 11. The van der Waals surface area contributed by atoms with E-state index in [2.05, 4.69) is 15.6 Å². The van der Waals surface area contributed by atoms with Gasteiger partial charge < -0.3 is 19.5 Å². The van der Waals surface area contributed by atoms with Crippen LogP contribution in [0.4, 0.5) is 5.82 Å². The number of nitrogens with one attached hydrogen (secondary N) is 1. The van der Waals surface area contributed by atoms with Crippen molar-refractivity contribution in [1.29, 1.82) is 0 Å². The number of benzene rings is 2. The molecule has 8 heteroatoms. The molecular weight excluding hydrogens is 422 g/mol. The number of aryl methyl sites for hydroxylation is 1. The molecule has 0 saturated carbocycles. The Morgan fingerprint density at radius 3 is 2.45 bits per heavy atom. The third-order valence-electron chi connectivity index (χ3n) is 5.10. The van der Waals surface area contributed by atoms with E-state index in [1.807, 2.05) is 64.1 Å². The highest BCUT2D eigenvalue weighted by Gasteiger charge is 2.22. The van der Waals surface area contributed by atoms with E-state index < -0.39 is 6.10 Å². The van der Waals surface area contributed by atoms with Crippen molar-refractivity contribution < 1.29 is 23.6 Å². The molecule has 1 N–H and O–H groups in total. The van der Waals surface area contributed by atoms with Gasteiger partial charge in [0.2, 0.25) is 5.82 Å². The Balaban J connectivity index is 1.77. The van der Waals surface area contributed by atoms with Crippen molar-refractivity contribution in [2.24, 2.45) is 0 Å². The SMILES string of the molecule is CCCOc1ccc(-c2nonc2NC(=O)[C@@H](C)Oc2cccc(C)c2C)cc1OCCC. The molecule has 0 aliphatic heterocycles. The molecule has 0 bridgehead atoms. The predicted molar refractivity (Wildman–Crippen MR) is 126 cm³/mol. The van der Waals surface area contributed by atoms with Crippen molar-refractivity contribution in [3.05, 3.63) is 47.5 Å². The van der Waals surface area contributed by atoms with E-state index in [-0.39, 0.29) is 11.7 Å². The minimum absolute atomic E-state index is 0.208. The first kappa shape index (κ1) is 24.1. The summed E-state index contributed by atoms with van der Waals surface area (Å²) < 4.78 is 22.4. The number of aromatic nitrogens is 2. The Bertz CT molecular complexity index is 1080. The molecule has 8 nitrogen and oxygen atoms in total. The average molecular weight is 454 g/mol. The van der Waals surface area contributed by atoms with E-state index in [0.29, 0.717) is 41.7 Å². The van der Waals surface area contributed by atoms with Crippen LogP contribution in [0.3, 0.4) is 0 Å². The molecule has 1 atom stereocenters. The molecule has 0 aliphatic rings. The molecule has 3 aromatic rings. The van der Waals surface area contributed by atoms with Gasteiger partial charge in [0.1, 0.15) is 5.75 Å². The zero-order valence-electron chi connectivity index (χ0n) is 19.8. The van der Waals surface area contributed by atoms with Gasteiger partial charge >= 0.3 is 0 Å². The first-order valence-corrected chi connectivity index (χ1v) is 11.2. The number of ether oxygens (including phenoxy) is 3. The van der Waals surface area contributed by atoms with Gasteiger partial charge in [0, 0.05) is 5.56 Å². The van der Waals surface area contributed by atoms with Crippen molar-refractivity contribution in [3.8, 4) is 28.5 Å². The van der Waals surface area contributed by atoms with Crippen LogP contribution in [0.2, 0.25) is 0 Å². The maximum atomic E-state index is 12.8. The second kappa shape index (κ2) is 11.4. The second-order valence-electron chi connectivity index (χ2n) is 7.77. The van der Waals surface area contributed by atoms with Crippen LogP contribution in [-0.4, -0.2) is 35.5 Å². The van der Waals surface area contributed by atoms with Gasteiger partial charge in [0.05, 0.1) is 13.2 Å². The molecule has 2 aromatic carbocycles. The number of nitrogens with zero attached hydrogens (tertiary/aromatic N) is 2. The summed E-state index contributed by atoms with van der Waals surface area (Å²) >= 11 is 0. The summed E-state index contributed by atoms with van der Waals surface area (Å²) in [6.45, 7) is 10.9. The minimum atomic E-state index is -0.747. The van der Waals surface area contributed by atoms with Crippen molar-refractivity contribution >= 4 is 11.7 Å². The lowest BCUT2D eigenvalue weighted by molar-refractivity contribution is -0.122.